The zero-order chi connectivity index (χ0) is 23.7. The summed E-state index contributed by atoms with van der Waals surface area (Å²) in [7, 11) is 0. The second kappa shape index (κ2) is 11.6. The number of benzene rings is 1. The fraction of sp³-hybridized carbons (Fsp3) is 0.381. The highest BCUT2D eigenvalue weighted by molar-refractivity contribution is 5.96. The molecule has 0 unspecified atom stereocenters. The molecule has 1 heterocycles. The summed E-state index contributed by atoms with van der Waals surface area (Å²) >= 11 is 0. The number of esters is 1. The number of H-pyrrole nitrogens is 1. The molecular weight excluding hydrogens is 418 g/mol. The zero-order valence-electron chi connectivity index (χ0n) is 17.8. The lowest BCUT2D eigenvalue weighted by molar-refractivity contribution is -0.140. The first-order chi connectivity index (χ1) is 15.2. The molecule has 0 fully saturated rings. The van der Waals surface area contributed by atoms with E-state index in [2.05, 4.69) is 20.6 Å². The lowest BCUT2D eigenvalue weighted by Crippen LogP contribution is -2.50. The molecule has 2 aromatic rings. The highest BCUT2D eigenvalue weighted by atomic mass is 16.5. The summed E-state index contributed by atoms with van der Waals surface area (Å²) in [6.45, 7) is 3.30. The molecule has 2 atom stereocenters. The third-order valence-electron chi connectivity index (χ3n) is 4.36. The van der Waals surface area contributed by atoms with Crippen LogP contribution in [0.2, 0.25) is 0 Å². The first kappa shape index (κ1) is 24.5. The van der Waals surface area contributed by atoms with Crippen LogP contribution >= 0.6 is 0 Å². The van der Waals surface area contributed by atoms with Gasteiger partial charge in [0, 0.05) is 18.2 Å². The van der Waals surface area contributed by atoms with Gasteiger partial charge in [0.15, 0.2) is 0 Å². The number of carbonyl (C=O) groups excluding carboxylic acids is 3. The van der Waals surface area contributed by atoms with Crippen LogP contribution in [0.15, 0.2) is 36.8 Å². The minimum atomic E-state index is -1.16. The molecule has 1 aromatic heterocycles. The van der Waals surface area contributed by atoms with Crippen LogP contribution in [0.5, 0.6) is 5.75 Å². The van der Waals surface area contributed by atoms with Gasteiger partial charge in [-0.15, -0.1) is 0 Å². The molecule has 2 amide bonds. The number of aromatic nitrogens is 2. The lowest BCUT2D eigenvalue weighted by atomic mass is 10.0. The fourth-order valence-corrected chi connectivity index (χ4v) is 2.80. The predicted molar refractivity (Wildman–Crippen MR) is 114 cm³/mol. The van der Waals surface area contributed by atoms with E-state index in [4.69, 9.17) is 15.6 Å². The van der Waals surface area contributed by atoms with E-state index in [1.807, 2.05) is 13.8 Å². The number of imidazole rings is 1. The van der Waals surface area contributed by atoms with E-state index >= 15 is 0 Å². The number of rotatable bonds is 11. The Labute approximate surface area is 184 Å². The number of ether oxygens (including phenoxy) is 1. The van der Waals surface area contributed by atoms with E-state index in [0.717, 1.165) is 0 Å². The van der Waals surface area contributed by atoms with Crippen LogP contribution in [0.1, 0.15) is 36.3 Å². The van der Waals surface area contributed by atoms with Gasteiger partial charge < -0.3 is 31.2 Å². The summed E-state index contributed by atoms with van der Waals surface area (Å²) in [4.78, 5) is 54.4. The van der Waals surface area contributed by atoms with Crippen LogP contribution in [0.4, 0.5) is 0 Å². The number of nitrogens with one attached hydrogen (secondary N) is 3. The first-order valence-electron chi connectivity index (χ1n) is 10.0. The molecule has 0 saturated heterocycles. The van der Waals surface area contributed by atoms with E-state index in [0.29, 0.717) is 12.1 Å². The number of aliphatic carboxylic acids is 1. The summed E-state index contributed by atoms with van der Waals surface area (Å²) in [6.07, 6.45) is 3.68. The number of hydrogen-bond donors (Lipinski definition) is 5. The SMILES string of the molecule is CC(C)C[C@H](NC(=O)[C@@H](N)Cc1c[nH]cn1)C(=O)Oc1ccc(C(=O)NCC(=O)O)cc1. The normalized spacial score (nSPS) is 12.6. The maximum absolute atomic E-state index is 12.7. The molecule has 11 heteroatoms. The molecule has 0 aliphatic carbocycles. The van der Waals surface area contributed by atoms with Gasteiger partial charge in [-0.1, -0.05) is 13.8 Å². The zero-order valence-corrected chi connectivity index (χ0v) is 17.8. The van der Waals surface area contributed by atoms with Gasteiger partial charge in [-0.25, -0.2) is 9.78 Å². The van der Waals surface area contributed by atoms with E-state index in [1.54, 1.807) is 6.20 Å². The van der Waals surface area contributed by atoms with Crippen molar-refractivity contribution in [2.45, 2.75) is 38.8 Å². The van der Waals surface area contributed by atoms with Crippen molar-refractivity contribution >= 4 is 23.8 Å². The molecule has 6 N–H and O–H groups in total. The Morgan fingerprint density at radius 3 is 2.44 bits per heavy atom. The van der Waals surface area contributed by atoms with Crippen LogP contribution in [0, 0.1) is 5.92 Å². The molecule has 0 bridgehead atoms. The van der Waals surface area contributed by atoms with E-state index in [-0.39, 0.29) is 23.7 Å². The number of nitrogens with two attached hydrogens (primary N) is 1. The van der Waals surface area contributed by atoms with Crippen molar-refractivity contribution in [1.29, 1.82) is 0 Å². The Hall–Kier alpha value is -3.73. The molecule has 0 spiro atoms. The van der Waals surface area contributed by atoms with Gasteiger partial charge in [0.05, 0.1) is 18.1 Å². The number of nitrogens with zero attached hydrogens (tertiary/aromatic N) is 1. The molecule has 1 aromatic carbocycles. The molecule has 0 aliphatic rings. The number of aromatic amines is 1. The molecule has 0 saturated carbocycles. The number of carboxylic acids is 1. The Morgan fingerprint density at radius 1 is 1.19 bits per heavy atom. The minimum absolute atomic E-state index is 0.0933. The van der Waals surface area contributed by atoms with Crippen molar-refractivity contribution in [3.63, 3.8) is 0 Å². The van der Waals surface area contributed by atoms with Gasteiger partial charge in [-0.2, -0.15) is 0 Å². The molecule has 172 valence electrons. The van der Waals surface area contributed by atoms with Crippen molar-refractivity contribution < 1.29 is 29.0 Å². The van der Waals surface area contributed by atoms with Gasteiger partial charge in [-0.3, -0.25) is 14.4 Å². The summed E-state index contributed by atoms with van der Waals surface area (Å²) in [5.41, 5.74) is 6.77. The van der Waals surface area contributed by atoms with Crippen molar-refractivity contribution in [1.82, 2.24) is 20.6 Å². The van der Waals surface area contributed by atoms with Crippen LogP contribution in [0.3, 0.4) is 0 Å². The van der Waals surface area contributed by atoms with Crippen LogP contribution in [-0.4, -0.2) is 57.5 Å². The van der Waals surface area contributed by atoms with Crippen LogP contribution in [-0.2, 0) is 20.8 Å². The second-order valence-electron chi connectivity index (χ2n) is 7.58. The average molecular weight is 445 g/mol. The quantitative estimate of drug-likeness (QED) is 0.241. The van der Waals surface area contributed by atoms with Crippen LogP contribution < -0.4 is 21.1 Å². The van der Waals surface area contributed by atoms with Gasteiger partial charge in [-0.05, 0) is 36.6 Å². The Balaban J connectivity index is 1.98. The predicted octanol–water partition coefficient (Wildman–Crippen LogP) is 0.230. The molecule has 2 rings (SSSR count). The van der Waals surface area contributed by atoms with Crippen molar-refractivity contribution in [3.05, 3.63) is 48.0 Å². The topological polar surface area (TPSA) is 176 Å². The lowest BCUT2D eigenvalue weighted by Gasteiger charge is -2.21. The smallest absolute Gasteiger partial charge is 0.334 e. The summed E-state index contributed by atoms with van der Waals surface area (Å²) < 4.78 is 5.36. The molecular formula is C21H27N5O6. The fourth-order valence-electron chi connectivity index (χ4n) is 2.80. The third-order valence-corrected chi connectivity index (χ3v) is 4.36. The van der Waals surface area contributed by atoms with E-state index < -0.39 is 42.4 Å². The second-order valence-corrected chi connectivity index (χ2v) is 7.58. The standard InChI is InChI=1S/C21H27N5O6/c1-12(2)7-17(26-20(30)16(22)8-14-9-23-11-25-14)21(31)32-15-5-3-13(4-6-15)19(29)24-10-18(27)28/h3-6,9,11-12,16-17H,7-8,10,22H2,1-2H3,(H,23,25)(H,24,29)(H,26,30)(H,27,28)/t16-,17-/m0/s1. The Morgan fingerprint density at radius 2 is 1.88 bits per heavy atom. The number of carbonyl (C=O) groups is 4. The summed E-state index contributed by atoms with van der Waals surface area (Å²) in [6, 6.07) is 3.82. The van der Waals surface area contributed by atoms with Crippen molar-refractivity contribution in [3.8, 4) is 5.75 Å². The highest BCUT2D eigenvalue weighted by Crippen LogP contribution is 2.15. The van der Waals surface area contributed by atoms with Gasteiger partial charge in [0.1, 0.15) is 18.3 Å². The number of amides is 2. The van der Waals surface area contributed by atoms with Gasteiger partial charge >= 0.3 is 11.9 Å². The van der Waals surface area contributed by atoms with Crippen molar-refractivity contribution in [2.75, 3.05) is 6.54 Å². The van der Waals surface area contributed by atoms with Crippen LogP contribution in [0.25, 0.3) is 0 Å². The molecule has 0 radical (unpaired) electrons. The first-order valence-corrected chi connectivity index (χ1v) is 10.0. The molecule has 0 aliphatic heterocycles. The van der Waals surface area contributed by atoms with Gasteiger partial charge in [0.25, 0.3) is 5.91 Å². The monoisotopic (exact) mass is 445 g/mol. The number of carboxylic acid groups (broad SMARTS) is 1. The van der Waals surface area contributed by atoms with E-state index in [1.165, 1.54) is 30.6 Å². The maximum atomic E-state index is 12.7. The molecule has 11 nitrogen and oxygen atoms in total. The van der Waals surface area contributed by atoms with E-state index in [9.17, 15) is 19.2 Å². The number of hydrogen-bond acceptors (Lipinski definition) is 7. The Bertz CT molecular complexity index is 927. The summed E-state index contributed by atoms with van der Waals surface area (Å²) in [5.74, 6) is -2.63. The van der Waals surface area contributed by atoms with Crippen molar-refractivity contribution in [2.24, 2.45) is 11.7 Å². The highest BCUT2D eigenvalue weighted by Gasteiger charge is 2.26. The third kappa shape index (κ3) is 7.84. The summed E-state index contributed by atoms with van der Waals surface area (Å²) in [5, 5.41) is 13.5. The average Bonchev–Trinajstić information content (AvgIpc) is 3.24. The maximum Gasteiger partial charge on any atom is 0.334 e. The largest absolute Gasteiger partial charge is 0.480 e. The minimum Gasteiger partial charge on any atom is -0.480 e. The molecule has 32 heavy (non-hydrogen) atoms. The Kier molecular flexibility index (Phi) is 8.90. The van der Waals surface area contributed by atoms with Gasteiger partial charge in [0.2, 0.25) is 5.91 Å².